The highest BCUT2D eigenvalue weighted by atomic mass is 35.5. The first-order valence-electron chi connectivity index (χ1n) is 8.64. The standard InChI is InChI=1S/C20H18ClN3O4S2/c1-24(17-7-3-15(21)4-8-17)30(26,27)19-13-14(11-12-22-19)20(25)23-16-5-9-18(10-6-16)29-28-2/h3-13H,1-2H3,(H,23,25). The first kappa shape index (κ1) is 22.1. The van der Waals surface area contributed by atoms with Crippen LogP contribution in [0.4, 0.5) is 11.4 Å². The summed E-state index contributed by atoms with van der Waals surface area (Å²) in [6, 6.07) is 16.1. The zero-order valence-electron chi connectivity index (χ0n) is 16.1. The average molecular weight is 464 g/mol. The van der Waals surface area contributed by atoms with Crippen molar-refractivity contribution >= 4 is 50.9 Å². The Hall–Kier alpha value is -2.59. The molecule has 156 valence electrons. The molecule has 2 aromatic carbocycles. The van der Waals surface area contributed by atoms with Crippen LogP contribution < -0.4 is 9.62 Å². The summed E-state index contributed by atoms with van der Waals surface area (Å²) in [6.07, 6.45) is 1.29. The molecule has 1 amide bonds. The minimum Gasteiger partial charge on any atom is -0.322 e. The molecule has 7 nitrogen and oxygen atoms in total. The molecule has 0 fully saturated rings. The third kappa shape index (κ3) is 5.11. The molecular formula is C20H18ClN3O4S2. The van der Waals surface area contributed by atoms with Gasteiger partial charge in [-0.15, -0.1) is 0 Å². The molecule has 0 bridgehead atoms. The Morgan fingerprint density at radius 2 is 1.77 bits per heavy atom. The van der Waals surface area contributed by atoms with Gasteiger partial charge in [0.05, 0.1) is 12.8 Å². The number of rotatable bonds is 7. The molecule has 0 radical (unpaired) electrons. The molecular weight excluding hydrogens is 446 g/mol. The Morgan fingerprint density at radius 3 is 2.40 bits per heavy atom. The number of nitrogens with zero attached hydrogens (tertiary/aromatic N) is 2. The number of carbonyl (C=O) groups is 1. The Labute approximate surface area is 184 Å². The van der Waals surface area contributed by atoms with Crippen molar-refractivity contribution in [2.24, 2.45) is 0 Å². The van der Waals surface area contributed by atoms with Crippen LogP contribution in [-0.2, 0) is 14.2 Å². The van der Waals surface area contributed by atoms with Crippen molar-refractivity contribution in [2.45, 2.75) is 9.92 Å². The van der Waals surface area contributed by atoms with Gasteiger partial charge in [0.25, 0.3) is 15.9 Å². The molecule has 1 N–H and O–H groups in total. The fourth-order valence-electron chi connectivity index (χ4n) is 2.52. The molecule has 10 heteroatoms. The van der Waals surface area contributed by atoms with Crippen molar-refractivity contribution in [3.63, 3.8) is 0 Å². The third-order valence-electron chi connectivity index (χ3n) is 4.10. The predicted molar refractivity (Wildman–Crippen MR) is 119 cm³/mol. The van der Waals surface area contributed by atoms with Crippen LogP contribution in [-0.4, -0.2) is 33.5 Å². The van der Waals surface area contributed by atoms with Gasteiger partial charge in [-0.3, -0.25) is 9.10 Å². The highest BCUT2D eigenvalue weighted by Gasteiger charge is 2.24. The SMILES string of the molecule is COSc1ccc(NC(=O)c2ccnc(S(=O)(=O)N(C)c3ccc(Cl)cc3)c2)cc1. The van der Waals surface area contributed by atoms with Gasteiger partial charge in [-0.25, -0.2) is 4.98 Å². The molecule has 0 aliphatic rings. The topological polar surface area (TPSA) is 88.6 Å². The lowest BCUT2D eigenvalue weighted by molar-refractivity contribution is 0.102. The van der Waals surface area contributed by atoms with Crippen molar-refractivity contribution in [1.82, 2.24) is 4.98 Å². The highest BCUT2D eigenvalue weighted by Crippen LogP contribution is 2.24. The molecule has 0 aliphatic heterocycles. The molecule has 0 atom stereocenters. The van der Waals surface area contributed by atoms with E-state index in [0.717, 1.165) is 9.20 Å². The largest absolute Gasteiger partial charge is 0.322 e. The lowest BCUT2D eigenvalue weighted by Gasteiger charge is -2.19. The van der Waals surface area contributed by atoms with E-state index in [1.165, 1.54) is 37.4 Å². The number of benzene rings is 2. The van der Waals surface area contributed by atoms with E-state index < -0.39 is 15.9 Å². The number of carbonyl (C=O) groups excluding carboxylic acids is 1. The molecule has 0 saturated carbocycles. The van der Waals surface area contributed by atoms with Crippen LogP contribution in [0.3, 0.4) is 0 Å². The first-order valence-corrected chi connectivity index (χ1v) is 11.2. The normalized spacial score (nSPS) is 11.2. The number of nitrogens with one attached hydrogen (secondary N) is 1. The van der Waals surface area contributed by atoms with E-state index in [0.29, 0.717) is 16.4 Å². The van der Waals surface area contributed by atoms with Gasteiger partial charge >= 0.3 is 0 Å². The summed E-state index contributed by atoms with van der Waals surface area (Å²) in [5, 5.41) is 2.99. The summed E-state index contributed by atoms with van der Waals surface area (Å²) in [5.74, 6) is -0.449. The second-order valence-corrected chi connectivity index (χ2v) is 9.38. The minimum absolute atomic E-state index is 0.170. The molecule has 3 aromatic rings. The number of pyridine rings is 1. The molecule has 1 heterocycles. The molecule has 0 unspecified atom stereocenters. The van der Waals surface area contributed by atoms with Crippen molar-refractivity contribution < 1.29 is 17.4 Å². The molecule has 0 saturated heterocycles. The van der Waals surface area contributed by atoms with Crippen LogP contribution in [0.25, 0.3) is 0 Å². The summed E-state index contributed by atoms with van der Waals surface area (Å²) in [4.78, 5) is 17.4. The maximum atomic E-state index is 12.9. The lowest BCUT2D eigenvalue weighted by Crippen LogP contribution is -2.27. The molecule has 30 heavy (non-hydrogen) atoms. The Balaban J connectivity index is 1.80. The number of halogens is 1. The fraction of sp³-hybridized carbons (Fsp3) is 0.100. The van der Waals surface area contributed by atoms with Gasteiger partial charge in [-0.05, 0) is 60.7 Å². The number of aromatic nitrogens is 1. The van der Waals surface area contributed by atoms with Gasteiger partial charge in [0.15, 0.2) is 5.03 Å². The second kappa shape index (κ2) is 9.48. The van der Waals surface area contributed by atoms with Crippen LogP contribution in [0.1, 0.15) is 10.4 Å². The first-order chi connectivity index (χ1) is 14.3. The third-order valence-corrected chi connectivity index (χ3v) is 6.67. The van der Waals surface area contributed by atoms with Gasteiger partial charge < -0.3 is 9.50 Å². The Kier molecular flexibility index (Phi) is 6.99. The summed E-state index contributed by atoms with van der Waals surface area (Å²) in [6.45, 7) is 0. The number of amides is 1. The van der Waals surface area contributed by atoms with Crippen LogP contribution in [0.5, 0.6) is 0 Å². The summed E-state index contributed by atoms with van der Waals surface area (Å²) in [7, 11) is -0.985. The van der Waals surface area contributed by atoms with Crippen molar-refractivity contribution in [3.8, 4) is 0 Å². The smallest absolute Gasteiger partial charge is 0.281 e. The van der Waals surface area contributed by atoms with Crippen LogP contribution in [0.15, 0.2) is 76.8 Å². The minimum atomic E-state index is -3.96. The van der Waals surface area contributed by atoms with Gasteiger partial charge in [0.1, 0.15) is 0 Å². The summed E-state index contributed by atoms with van der Waals surface area (Å²) < 4.78 is 31.9. The van der Waals surface area contributed by atoms with Gasteiger partial charge in [0.2, 0.25) is 0 Å². The number of hydrogen-bond donors (Lipinski definition) is 1. The van der Waals surface area contributed by atoms with Crippen LogP contribution in [0, 0.1) is 0 Å². The van der Waals surface area contributed by atoms with E-state index >= 15 is 0 Å². The van der Waals surface area contributed by atoms with E-state index in [9.17, 15) is 13.2 Å². The van der Waals surface area contributed by atoms with Gasteiger partial charge in [-0.1, -0.05) is 11.6 Å². The average Bonchev–Trinajstić information content (AvgIpc) is 2.75. The number of hydrogen-bond acceptors (Lipinski definition) is 6. The van der Waals surface area contributed by atoms with E-state index in [4.69, 9.17) is 15.8 Å². The quantitative estimate of drug-likeness (QED) is 0.520. The second-order valence-electron chi connectivity index (χ2n) is 6.06. The molecule has 1 aromatic heterocycles. The maximum Gasteiger partial charge on any atom is 0.281 e. The zero-order chi connectivity index (χ0) is 21.7. The van der Waals surface area contributed by atoms with Crippen LogP contribution >= 0.6 is 23.6 Å². The lowest BCUT2D eigenvalue weighted by atomic mass is 10.2. The van der Waals surface area contributed by atoms with E-state index in [1.807, 2.05) is 0 Å². The zero-order valence-corrected chi connectivity index (χ0v) is 18.5. The summed E-state index contributed by atoms with van der Waals surface area (Å²) >= 11 is 7.07. The van der Waals surface area contributed by atoms with E-state index in [1.54, 1.807) is 55.6 Å². The monoisotopic (exact) mass is 463 g/mol. The fourth-order valence-corrected chi connectivity index (χ4v) is 4.23. The summed E-state index contributed by atoms with van der Waals surface area (Å²) in [5.41, 5.74) is 1.16. The van der Waals surface area contributed by atoms with Crippen molar-refractivity contribution in [1.29, 1.82) is 0 Å². The molecule has 3 rings (SSSR count). The maximum absolute atomic E-state index is 12.9. The van der Waals surface area contributed by atoms with Gasteiger partial charge in [0, 0.05) is 46.5 Å². The van der Waals surface area contributed by atoms with E-state index in [-0.39, 0.29) is 10.6 Å². The van der Waals surface area contributed by atoms with Gasteiger partial charge in [-0.2, -0.15) is 8.42 Å². The predicted octanol–water partition coefficient (Wildman–Crippen LogP) is 4.47. The van der Waals surface area contributed by atoms with Crippen molar-refractivity contribution in [3.05, 3.63) is 77.4 Å². The Morgan fingerprint density at radius 1 is 1.10 bits per heavy atom. The highest BCUT2D eigenvalue weighted by molar-refractivity contribution is 7.94. The number of anilines is 2. The molecule has 0 spiro atoms. The van der Waals surface area contributed by atoms with Crippen LogP contribution in [0.2, 0.25) is 5.02 Å². The Bertz CT molecular complexity index is 1140. The molecule has 0 aliphatic carbocycles. The van der Waals surface area contributed by atoms with E-state index in [2.05, 4.69) is 10.3 Å². The number of sulfonamides is 1. The van der Waals surface area contributed by atoms with Crippen molar-refractivity contribution in [2.75, 3.05) is 23.8 Å².